The fourth-order valence-corrected chi connectivity index (χ4v) is 5.55. The summed E-state index contributed by atoms with van der Waals surface area (Å²) in [4.78, 5) is 28.5. The predicted octanol–water partition coefficient (Wildman–Crippen LogP) is 5.43. The fourth-order valence-electron chi connectivity index (χ4n) is 3.99. The molecular weight excluding hydrogens is 534 g/mol. The summed E-state index contributed by atoms with van der Waals surface area (Å²) in [6.07, 6.45) is 0.792. The van der Waals surface area contributed by atoms with E-state index >= 15 is 0 Å². The number of hydrogen-bond acceptors (Lipinski definition) is 4. The minimum absolute atomic E-state index is 0.0696. The number of nitrogens with one attached hydrogen (secondary N) is 1. The number of hydrogen-bond donors (Lipinski definition) is 1. The van der Waals surface area contributed by atoms with E-state index in [0.717, 1.165) is 21.9 Å². The zero-order valence-corrected chi connectivity index (χ0v) is 24.6. The van der Waals surface area contributed by atoms with Crippen LogP contribution in [0.25, 0.3) is 0 Å². The molecule has 39 heavy (non-hydrogen) atoms. The maximum absolute atomic E-state index is 13.9. The molecule has 0 bridgehead atoms. The topological polar surface area (TPSA) is 86.8 Å². The molecule has 0 unspecified atom stereocenters. The highest BCUT2D eigenvalue weighted by Gasteiger charge is 2.33. The van der Waals surface area contributed by atoms with Gasteiger partial charge in [0.1, 0.15) is 12.6 Å². The summed E-state index contributed by atoms with van der Waals surface area (Å²) in [5, 5.41) is 3.46. The van der Waals surface area contributed by atoms with Gasteiger partial charge in [0.05, 0.1) is 10.6 Å². The second-order valence-corrected chi connectivity index (χ2v) is 12.7. The van der Waals surface area contributed by atoms with Gasteiger partial charge in [-0.1, -0.05) is 61.0 Å². The van der Waals surface area contributed by atoms with Crippen molar-refractivity contribution in [3.05, 3.63) is 95.0 Å². The Morgan fingerprint density at radius 1 is 0.897 bits per heavy atom. The number of aryl methyl sites for hydroxylation is 1. The van der Waals surface area contributed by atoms with E-state index < -0.39 is 34.1 Å². The first-order chi connectivity index (χ1) is 18.3. The van der Waals surface area contributed by atoms with Gasteiger partial charge in [0.25, 0.3) is 10.0 Å². The summed E-state index contributed by atoms with van der Waals surface area (Å²) in [5.41, 5.74) is 1.65. The summed E-state index contributed by atoms with van der Waals surface area (Å²) in [7, 11) is -4.09. The van der Waals surface area contributed by atoms with Crippen LogP contribution in [0.5, 0.6) is 0 Å². The molecule has 9 heteroatoms. The maximum atomic E-state index is 13.9. The van der Waals surface area contributed by atoms with Gasteiger partial charge in [0.15, 0.2) is 0 Å². The van der Waals surface area contributed by atoms with Gasteiger partial charge in [-0.3, -0.25) is 13.9 Å². The van der Waals surface area contributed by atoms with Crippen molar-refractivity contribution in [3.63, 3.8) is 0 Å². The quantitative estimate of drug-likeness (QED) is 0.353. The molecule has 3 aromatic carbocycles. The van der Waals surface area contributed by atoms with Gasteiger partial charge >= 0.3 is 0 Å². The molecule has 0 aromatic heterocycles. The van der Waals surface area contributed by atoms with Crippen molar-refractivity contribution in [1.82, 2.24) is 10.2 Å². The van der Waals surface area contributed by atoms with Crippen molar-refractivity contribution in [2.45, 2.75) is 64.1 Å². The molecule has 3 aromatic rings. The Labute approximate surface area is 236 Å². The van der Waals surface area contributed by atoms with E-state index in [0.29, 0.717) is 10.7 Å². The van der Waals surface area contributed by atoms with E-state index in [9.17, 15) is 18.0 Å². The molecule has 0 fully saturated rings. The molecule has 0 aliphatic heterocycles. The Bertz CT molecular complexity index is 1370. The summed E-state index contributed by atoms with van der Waals surface area (Å²) < 4.78 is 28.7. The van der Waals surface area contributed by atoms with Crippen LogP contribution in [-0.2, 0) is 32.6 Å². The van der Waals surface area contributed by atoms with Crippen LogP contribution in [-0.4, -0.2) is 43.3 Å². The lowest BCUT2D eigenvalue weighted by atomic mass is 10.1. The highest BCUT2D eigenvalue weighted by atomic mass is 35.5. The van der Waals surface area contributed by atoms with Crippen molar-refractivity contribution in [3.8, 4) is 0 Å². The summed E-state index contributed by atoms with van der Waals surface area (Å²) in [5.74, 6) is -0.852. The van der Waals surface area contributed by atoms with Gasteiger partial charge in [-0.15, -0.1) is 0 Å². The van der Waals surface area contributed by atoms with E-state index in [-0.39, 0.29) is 17.3 Å². The Kier molecular flexibility index (Phi) is 9.80. The van der Waals surface area contributed by atoms with E-state index in [1.807, 2.05) is 39.8 Å². The molecule has 2 amide bonds. The molecule has 0 spiro atoms. The Hall–Kier alpha value is -3.36. The van der Waals surface area contributed by atoms with Crippen LogP contribution in [0.1, 0.15) is 45.7 Å². The van der Waals surface area contributed by atoms with E-state index in [1.165, 1.54) is 17.0 Å². The average Bonchev–Trinajstić information content (AvgIpc) is 2.90. The number of amides is 2. The van der Waals surface area contributed by atoms with Gasteiger partial charge in [0, 0.05) is 17.1 Å². The fraction of sp³-hybridized carbons (Fsp3) is 0.333. The van der Waals surface area contributed by atoms with Crippen molar-refractivity contribution < 1.29 is 18.0 Å². The molecule has 0 radical (unpaired) electrons. The van der Waals surface area contributed by atoms with Crippen LogP contribution in [0.15, 0.2) is 83.8 Å². The van der Waals surface area contributed by atoms with Crippen LogP contribution in [0.3, 0.4) is 0 Å². The first kappa shape index (κ1) is 30.2. The number of halogens is 1. The molecule has 1 atom stereocenters. The van der Waals surface area contributed by atoms with E-state index in [1.54, 1.807) is 61.5 Å². The normalized spacial score (nSPS) is 12.5. The molecule has 1 N–H and O–H groups in total. The van der Waals surface area contributed by atoms with Gasteiger partial charge < -0.3 is 10.2 Å². The molecule has 208 valence electrons. The standard InChI is InChI=1S/C30H36ClN3O4S/c1-6-23-14-18-26(19-15-23)34(39(37,38)27-10-8-7-9-11-27)21-28(35)33(20-24-12-16-25(31)17-13-24)22(2)29(36)32-30(3,4)5/h7-19,22H,6,20-21H2,1-5H3,(H,32,36)/t22-/m1/s1. The van der Waals surface area contributed by atoms with Gasteiger partial charge in [-0.2, -0.15) is 0 Å². The minimum Gasteiger partial charge on any atom is -0.350 e. The van der Waals surface area contributed by atoms with Crippen molar-refractivity contribution >= 4 is 39.1 Å². The minimum atomic E-state index is -4.09. The second kappa shape index (κ2) is 12.7. The number of benzene rings is 3. The average molecular weight is 570 g/mol. The van der Waals surface area contributed by atoms with Crippen LogP contribution in [0, 0.1) is 0 Å². The molecule has 0 aliphatic carbocycles. The third-order valence-electron chi connectivity index (χ3n) is 6.17. The molecule has 0 aliphatic rings. The first-order valence-electron chi connectivity index (χ1n) is 12.8. The zero-order chi connectivity index (χ0) is 28.8. The monoisotopic (exact) mass is 569 g/mol. The highest BCUT2D eigenvalue weighted by Crippen LogP contribution is 2.25. The van der Waals surface area contributed by atoms with Crippen molar-refractivity contribution in [2.24, 2.45) is 0 Å². The SMILES string of the molecule is CCc1ccc(N(CC(=O)N(Cc2ccc(Cl)cc2)[C@H](C)C(=O)NC(C)(C)C)S(=O)(=O)c2ccccc2)cc1. The highest BCUT2D eigenvalue weighted by molar-refractivity contribution is 7.92. The second-order valence-electron chi connectivity index (χ2n) is 10.4. The molecule has 7 nitrogen and oxygen atoms in total. The van der Waals surface area contributed by atoms with E-state index in [4.69, 9.17) is 11.6 Å². The van der Waals surface area contributed by atoms with Gasteiger partial charge in [0.2, 0.25) is 11.8 Å². The molecule has 3 rings (SSSR count). The Morgan fingerprint density at radius 2 is 1.46 bits per heavy atom. The number of sulfonamides is 1. The zero-order valence-electron chi connectivity index (χ0n) is 23.0. The lowest BCUT2D eigenvalue weighted by Gasteiger charge is -2.33. The summed E-state index contributed by atoms with van der Waals surface area (Å²) in [6.45, 7) is 8.84. The molecule has 0 saturated carbocycles. The lowest BCUT2D eigenvalue weighted by Crippen LogP contribution is -2.54. The van der Waals surface area contributed by atoms with Crippen LogP contribution >= 0.6 is 11.6 Å². The molecular formula is C30H36ClN3O4S. The lowest BCUT2D eigenvalue weighted by molar-refractivity contribution is -0.140. The van der Waals surface area contributed by atoms with Crippen LogP contribution in [0.2, 0.25) is 5.02 Å². The number of carbonyl (C=O) groups is 2. The number of carbonyl (C=O) groups excluding carboxylic acids is 2. The Balaban J connectivity index is 2.02. The molecule has 0 saturated heterocycles. The largest absolute Gasteiger partial charge is 0.350 e. The number of rotatable bonds is 10. The predicted molar refractivity (Wildman–Crippen MR) is 156 cm³/mol. The first-order valence-corrected chi connectivity index (χ1v) is 14.7. The number of anilines is 1. The van der Waals surface area contributed by atoms with Crippen molar-refractivity contribution in [1.29, 1.82) is 0 Å². The maximum Gasteiger partial charge on any atom is 0.264 e. The third-order valence-corrected chi connectivity index (χ3v) is 8.21. The van der Waals surface area contributed by atoms with Crippen molar-refractivity contribution in [2.75, 3.05) is 10.8 Å². The van der Waals surface area contributed by atoms with Crippen LogP contribution < -0.4 is 9.62 Å². The Morgan fingerprint density at radius 3 is 2.00 bits per heavy atom. The molecule has 0 heterocycles. The number of nitrogens with zero attached hydrogens (tertiary/aromatic N) is 2. The summed E-state index contributed by atoms with van der Waals surface area (Å²) in [6, 6.07) is 21.2. The van der Waals surface area contributed by atoms with E-state index in [2.05, 4.69) is 5.32 Å². The third kappa shape index (κ3) is 8.07. The smallest absolute Gasteiger partial charge is 0.264 e. The van der Waals surface area contributed by atoms with Gasteiger partial charge in [-0.25, -0.2) is 8.42 Å². The van der Waals surface area contributed by atoms with Gasteiger partial charge in [-0.05, 0) is 81.6 Å². The summed E-state index contributed by atoms with van der Waals surface area (Å²) >= 11 is 6.04. The van der Waals surface area contributed by atoms with Crippen LogP contribution in [0.4, 0.5) is 5.69 Å².